The van der Waals surface area contributed by atoms with Crippen LogP contribution in [0.2, 0.25) is 0 Å². The van der Waals surface area contributed by atoms with Crippen LogP contribution in [0.1, 0.15) is 56.8 Å². The number of benzene rings is 5. The minimum absolute atomic E-state index is 0.177. The SMILES string of the molecule is Cc1ccc2c(c1)C(C)(C)c1c(ccc3cc(C=C4C(=O)c5cc6ccccc6cc5C4=O)ccc13)N2C. The minimum Gasteiger partial charge on any atom is -0.344 e. The lowest BCUT2D eigenvalue weighted by Crippen LogP contribution is -2.31. The highest BCUT2D eigenvalue weighted by Crippen LogP contribution is 2.51. The Morgan fingerprint density at radius 3 is 2.05 bits per heavy atom. The van der Waals surface area contributed by atoms with E-state index in [-0.39, 0.29) is 22.6 Å². The molecule has 3 nitrogen and oxygen atoms in total. The van der Waals surface area contributed by atoms with E-state index in [0.29, 0.717) is 11.1 Å². The molecule has 5 aromatic carbocycles. The number of ketones is 2. The fourth-order valence-electron chi connectivity index (χ4n) is 6.38. The lowest BCUT2D eigenvalue weighted by molar-refractivity contribution is 0.0990. The first-order valence-electron chi connectivity index (χ1n) is 13.0. The van der Waals surface area contributed by atoms with Gasteiger partial charge in [-0.2, -0.15) is 0 Å². The van der Waals surface area contributed by atoms with Gasteiger partial charge < -0.3 is 4.90 Å². The first-order valence-corrected chi connectivity index (χ1v) is 13.0. The number of carbonyl (C=O) groups is 2. The van der Waals surface area contributed by atoms with Gasteiger partial charge in [-0.15, -0.1) is 0 Å². The molecule has 5 aromatic rings. The van der Waals surface area contributed by atoms with E-state index >= 15 is 0 Å². The molecule has 2 aliphatic rings. The molecule has 1 aliphatic heterocycles. The maximum absolute atomic E-state index is 13.3. The zero-order chi connectivity index (χ0) is 26.3. The molecule has 0 N–H and O–H groups in total. The van der Waals surface area contributed by atoms with Gasteiger partial charge in [0.15, 0.2) is 11.6 Å². The van der Waals surface area contributed by atoms with Crippen LogP contribution < -0.4 is 4.90 Å². The molecule has 3 heteroatoms. The van der Waals surface area contributed by atoms with Crippen molar-refractivity contribution in [2.75, 3.05) is 11.9 Å². The zero-order valence-corrected chi connectivity index (χ0v) is 21.9. The largest absolute Gasteiger partial charge is 0.344 e. The fraction of sp³-hybridized carbons (Fsp3) is 0.143. The van der Waals surface area contributed by atoms with Gasteiger partial charge in [0, 0.05) is 35.0 Å². The Bertz CT molecular complexity index is 1850. The van der Waals surface area contributed by atoms with Crippen molar-refractivity contribution in [1.82, 2.24) is 0 Å². The lowest BCUT2D eigenvalue weighted by atomic mass is 9.71. The summed E-state index contributed by atoms with van der Waals surface area (Å²) in [6, 6.07) is 28.8. The summed E-state index contributed by atoms with van der Waals surface area (Å²) < 4.78 is 0. The van der Waals surface area contributed by atoms with Crippen LogP contribution in [-0.4, -0.2) is 18.6 Å². The Labute approximate surface area is 222 Å². The van der Waals surface area contributed by atoms with Crippen molar-refractivity contribution in [2.24, 2.45) is 0 Å². The van der Waals surface area contributed by atoms with Gasteiger partial charge in [0.2, 0.25) is 0 Å². The smallest absolute Gasteiger partial charge is 0.197 e. The van der Waals surface area contributed by atoms with Crippen LogP contribution in [0.25, 0.3) is 27.6 Å². The molecule has 0 saturated heterocycles. The summed E-state index contributed by atoms with van der Waals surface area (Å²) in [5.41, 5.74) is 8.20. The number of allylic oxidation sites excluding steroid dienone is 1. The molecule has 0 atom stereocenters. The van der Waals surface area contributed by atoms with Gasteiger partial charge >= 0.3 is 0 Å². The molecule has 0 radical (unpaired) electrons. The molecule has 0 unspecified atom stereocenters. The predicted molar refractivity (Wildman–Crippen MR) is 156 cm³/mol. The first kappa shape index (κ1) is 22.7. The summed E-state index contributed by atoms with van der Waals surface area (Å²) in [6.45, 7) is 6.73. The third-order valence-corrected chi connectivity index (χ3v) is 8.37. The van der Waals surface area contributed by atoms with E-state index in [1.807, 2.05) is 42.5 Å². The number of anilines is 2. The van der Waals surface area contributed by atoms with Gasteiger partial charge in [-0.05, 0) is 81.6 Å². The quantitative estimate of drug-likeness (QED) is 0.175. The van der Waals surface area contributed by atoms with Gasteiger partial charge in [0.25, 0.3) is 0 Å². The average molecular weight is 494 g/mol. The van der Waals surface area contributed by atoms with Crippen molar-refractivity contribution in [3.8, 4) is 0 Å². The summed E-state index contributed by atoms with van der Waals surface area (Å²) in [5, 5.41) is 4.21. The van der Waals surface area contributed by atoms with E-state index in [1.165, 1.54) is 33.5 Å². The molecule has 184 valence electrons. The van der Waals surface area contributed by atoms with E-state index in [9.17, 15) is 9.59 Å². The monoisotopic (exact) mass is 493 g/mol. The predicted octanol–water partition coefficient (Wildman–Crippen LogP) is 8.17. The lowest BCUT2D eigenvalue weighted by Gasteiger charge is -2.41. The second-order valence-corrected chi connectivity index (χ2v) is 11.1. The summed E-state index contributed by atoms with van der Waals surface area (Å²) in [4.78, 5) is 28.8. The zero-order valence-electron chi connectivity index (χ0n) is 21.9. The maximum atomic E-state index is 13.3. The molecular formula is C35H27NO2. The van der Waals surface area contributed by atoms with Gasteiger partial charge in [-0.1, -0.05) is 74.0 Å². The van der Waals surface area contributed by atoms with Crippen LogP contribution in [0.3, 0.4) is 0 Å². The molecule has 0 aromatic heterocycles. The summed E-state index contributed by atoms with van der Waals surface area (Å²) in [5.74, 6) is -0.396. The van der Waals surface area contributed by atoms with Crippen molar-refractivity contribution in [3.63, 3.8) is 0 Å². The second-order valence-electron chi connectivity index (χ2n) is 11.1. The van der Waals surface area contributed by atoms with Crippen LogP contribution in [-0.2, 0) is 5.41 Å². The summed E-state index contributed by atoms with van der Waals surface area (Å²) in [7, 11) is 2.13. The number of carbonyl (C=O) groups excluding carboxylic acids is 2. The van der Waals surface area contributed by atoms with Crippen molar-refractivity contribution >= 4 is 50.6 Å². The Morgan fingerprint density at radius 1 is 0.711 bits per heavy atom. The van der Waals surface area contributed by atoms with Crippen molar-refractivity contribution in [3.05, 3.63) is 124 Å². The highest BCUT2D eigenvalue weighted by atomic mass is 16.2. The highest BCUT2D eigenvalue weighted by molar-refractivity contribution is 6.42. The van der Waals surface area contributed by atoms with Crippen LogP contribution in [0.5, 0.6) is 0 Å². The van der Waals surface area contributed by atoms with Crippen molar-refractivity contribution in [1.29, 1.82) is 0 Å². The Hall–Kier alpha value is -4.50. The molecule has 0 saturated carbocycles. The van der Waals surface area contributed by atoms with Crippen LogP contribution >= 0.6 is 0 Å². The topological polar surface area (TPSA) is 37.4 Å². The normalized spacial score (nSPS) is 15.6. The number of hydrogen-bond donors (Lipinski definition) is 0. The number of nitrogens with zero attached hydrogens (tertiary/aromatic N) is 1. The third-order valence-electron chi connectivity index (χ3n) is 8.37. The van der Waals surface area contributed by atoms with Crippen LogP contribution in [0.15, 0.2) is 90.5 Å². The Balaban J connectivity index is 1.34. The third kappa shape index (κ3) is 3.08. The van der Waals surface area contributed by atoms with Gasteiger partial charge in [0.1, 0.15) is 0 Å². The van der Waals surface area contributed by atoms with Gasteiger partial charge in [-0.3, -0.25) is 9.59 Å². The molecular weight excluding hydrogens is 466 g/mol. The number of fused-ring (bicyclic) bond motifs is 6. The fourth-order valence-corrected chi connectivity index (χ4v) is 6.38. The first-order chi connectivity index (χ1) is 18.2. The maximum Gasteiger partial charge on any atom is 0.197 e. The molecule has 1 aliphatic carbocycles. The van der Waals surface area contributed by atoms with Gasteiger partial charge in [0.05, 0.1) is 5.57 Å². The summed E-state index contributed by atoms with van der Waals surface area (Å²) in [6.07, 6.45) is 1.75. The number of hydrogen-bond acceptors (Lipinski definition) is 3. The average Bonchev–Trinajstić information content (AvgIpc) is 3.14. The molecule has 7 rings (SSSR count). The van der Waals surface area contributed by atoms with E-state index in [2.05, 4.69) is 75.2 Å². The van der Waals surface area contributed by atoms with Gasteiger partial charge in [-0.25, -0.2) is 0 Å². The van der Waals surface area contributed by atoms with E-state index in [0.717, 1.165) is 21.7 Å². The molecule has 0 bridgehead atoms. The Kier molecular flexibility index (Phi) is 4.63. The molecule has 0 amide bonds. The minimum atomic E-state index is -0.198. The number of Topliss-reactive ketones (excluding diaryl/α,β-unsaturated/α-hetero) is 2. The van der Waals surface area contributed by atoms with Crippen LogP contribution in [0.4, 0.5) is 11.4 Å². The standard InChI is InChI=1S/C35H27NO2/c1-20-9-13-30-29(15-20)35(2,3)32-25-12-10-21(16-24(25)11-14-31(32)36(30)4)17-28-33(37)26-18-22-7-5-6-8-23(22)19-27(26)34(28)38/h5-19H,1-4H3. The number of rotatable bonds is 1. The van der Waals surface area contributed by atoms with E-state index in [4.69, 9.17) is 0 Å². The second kappa shape index (κ2) is 7.75. The number of aryl methyl sites for hydroxylation is 1. The highest BCUT2D eigenvalue weighted by Gasteiger charge is 2.37. The van der Waals surface area contributed by atoms with E-state index in [1.54, 1.807) is 6.08 Å². The van der Waals surface area contributed by atoms with Crippen molar-refractivity contribution in [2.45, 2.75) is 26.2 Å². The van der Waals surface area contributed by atoms with Crippen molar-refractivity contribution < 1.29 is 9.59 Å². The molecule has 38 heavy (non-hydrogen) atoms. The Morgan fingerprint density at radius 2 is 1.37 bits per heavy atom. The molecule has 0 fully saturated rings. The molecule has 1 heterocycles. The molecule has 0 spiro atoms. The summed E-state index contributed by atoms with van der Waals surface area (Å²) >= 11 is 0. The van der Waals surface area contributed by atoms with Crippen LogP contribution in [0, 0.1) is 6.92 Å². The van der Waals surface area contributed by atoms with E-state index < -0.39 is 0 Å².